The van der Waals surface area contributed by atoms with Crippen LogP contribution < -0.4 is 10.1 Å². The molecule has 1 saturated heterocycles. The Morgan fingerprint density at radius 2 is 2.25 bits per heavy atom. The number of alkyl halides is 1. The fourth-order valence-electron chi connectivity index (χ4n) is 2.91. The standard InChI is InChI=1S/C17H21FN4O2/c18-6-9-24-15-3-1-2-14(10-15)21-17(23)22-7-4-13(5-8-22)16-11-19-12-20-16/h1-3,10-13H,4-9H2,(H,19,20)(H,21,23). The highest BCUT2D eigenvalue weighted by atomic mass is 19.1. The molecule has 2 N–H and O–H groups in total. The highest BCUT2D eigenvalue weighted by Crippen LogP contribution is 2.26. The topological polar surface area (TPSA) is 70.2 Å². The smallest absolute Gasteiger partial charge is 0.321 e. The Balaban J connectivity index is 1.52. The Kier molecular flexibility index (Phi) is 5.30. The molecule has 1 aliphatic heterocycles. The Morgan fingerprint density at radius 3 is 2.96 bits per heavy atom. The number of H-pyrrole nitrogens is 1. The van der Waals surface area contributed by atoms with E-state index in [-0.39, 0.29) is 12.6 Å². The molecule has 6 nitrogen and oxygen atoms in total. The van der Waals surface area contributed by atoms with Crippen molar-refractivity contribution < 1.29 is 13.9 Å². The number of carbonyl (C=O) groups excluding carboxylic acids is 1. The molecule has 24 heavy (non-hydrogen) atoms. The van der Waals surface area contributed by atoms with Gasteiger partial charge in [-0.1, -0.05) is 6.07 Å². The number of piperidine rings is 1. The van der Waals surface area contributed by atoms with Gasteiger partial charge in [-0.25, -0.2) is 14.2 Å². The molecule has 2 heterocycles. The number of anilines is 1. The Hall–Kier alpha value is -2.57. The molecule has 1 aromatic carbocycles. The number of nitrogens with one attached hydrogen (secondary N) is 2. The molecular formula is C17H21FN4O2. The summed E-state index contributed by atoms with van der Waals surface area (Å²) in [6, 6.07) is 6.87. The number of halogens is 1. The Morgan fingerprint density at radius 1 is 1.42 bits per heavy atom. The highest BCUT2D eigenvalue weighted by molar-refractivity contribution is 5.89. The molecule has 2 amide bonds. The van der Waals surface area contributed by atoms with Gasteiger partial charge < -0.3 is 19.9 Å². The van der Waals surface area contributed by atoms with Gasteiger partial charge in [0.2, 0.25) is 0 Å². The van der Waals surface area contributed by atoms with Crippen LogP contribution in [0, 0.1) is 0 Å². The number of urea groups is 1. The minimum absolute atomic E-state index is 0.0124. The van der Waals surface area contributed by atoms with Crippen molar-refractivity contribution >= 4 is 11.7 Å². The van der Waals surface area contributed by atoms with Crippen LogP contribution in [0.15, 0.2) is 36.8 Å². The summed E-state index contributed by atoms with van der Waals surface area (Å²) < 4.78 is 17.4. The minimum atomic E-state index is -0.540. The average Bonchev–Trinajstić information content (AvgIpc) is 3.15. The van der Waals surface area contributed by atoms with Crippen LogP contribution in [0.25, 0.3) is 0 Å². The lowest BCUT2D eigenvalue weighted by Gasteiger charge is -2.31. The van der Waals surface area contributed by atoms with E-state index in [1.165, 1.54) is 0 Å². The van der Waals surface area contributed by atoms with Crippen LogP contribution in [-0.2, 0) is 0 Å². The van der Waals surface area contributed by atoms with Crippen molar-refractivity contribution in [2.75, 3.05) is 31.7 Å². The summed E-state index contributed by atoms with van der Waals surface area (Å²) in [7, 11) is 0. The lowest BCUT2D eigenvalue weighted by atomic mass is 9.94. The fourth-order valence-corrected chi connectivity index (χ4v) is 2.91. The molecule has 1 aliphatic rings. The van der Waals surface area contributed by atoms with Crippen molar-refractivity contribution in [1.82, 2.24) is 14.9 Å². The van der Waals surface area contributed by atoms with Crippen molar-refractivity contribution in [3.63, 3.8) is 0 Å². The number of amides is 2. The van der Waals surface area contributed by atoms with E-state index in [0.717, 1.165) is 18.5 Å². The molecule has 7 heteroatoms. The van der Waals surface area contributed by atoms with Crippen molar-refractivity contribution in [1.29, 1.82) is 0 Å². The third kappa shape index (κ3) is 4.04. The second-order valence-electron chi connectivity index (χ2n) is 5.76. The Labute approximate surface area is 140 Å². The van der Waals surface area contributed by atoms with Gasteiger partial charge in [0.05, 0.1) is 6.33 Å². The molecule has 3 rings (SSSR count). The summed E-state index contributed by atoms with van der Waals surface area (Å²) in [6.45, 7) is 0.876. The van der Waals surface area contributed by atoms with Crippen molar-refractivity contribution in [2.45, 2.75) is 18.8 Å². The molecule has 0 aliphatic carbocycles. The van der Waals surface area contributed by atoms with E-state index in [1.54, 1.807) is 30.6 Å². The van der Waals surface area contributed by atoms with E-state index in [0.29, 0.717) is 30.4 Å². The number of carbonyl (C=O) groups is 1. The monoisotopic (exact) mass is 332 g/mol. The summed E-state index contributed by atoms with van der Waals surface area (Å²) in [5.41, 5.74) is 1.78. The average molecular weight is 332 g/mol. The van der Waals surface area contributed by atoms with Gasteiger partial charge in [0.15, 0.2) is 0 Å². The Bertz CT molecular complexity index is 654. The first-order valence-corrected chi connectivity index (χ1v) is 8.09. The van der Waals surface area contributed by atoms with E-state index < -0.39 is 6.67 Å². The number of aromatic nitrogens is 2. The van der Waals surface area contributed by atoms with Crippen LogP contribution in [0.2, 0.25) is 0 Å². The summed E-state index contributed by atoms with van der Waals surface area (Å²) >= 11 is 0. The number of hydrogen-bond donors (Lipinski definition) is 2. The number of hydrogen-bond acceptors (Lipinski definition) is 3. The maximum absolute atomic E-state index is 12.4. The number of rotatable bonds is 5. The molecule has 0 unspecified atom stereocenters. The summed E-state index contributed by atoms with van der Waals surface area (Å²) in [5.74, 6) is 0.970. The molecule has 0 atom stereocenters. The molecule has 0 saturated carbocycles. The zero-order chi connectivity index (χ0) is 16.8. The van der Waals surface area contributed by atoms with Gasteiger partial charge >= 0.3 is 6.03 Å². The second-order valence-corrected chi connectivity index (χ2v) is 5.76. The fraction of sp³-hybridized carbons (Fsp3) is 0.412. The van der Waals surface area contributed by atoms with Crippen molar-refractivity contribution in [3.05, 3.63) is 42.5 Å². The van der Waals surface area contributed by atoms with E-state index in [1.807, 2.05) is 11.1 Å². The molecule has 128 valence electrons. The second kappa shape index (κ2) is 7.81. The zero-order valence-electron chi connectivity index (χ0n) is 13.4. The zero-order valence-corrected chi connectivity index (χ0v) is 13.4. The highest BCUT2D eigenvalue weighted by Gasteiger charge is 2.24. The number of likely N-dealkylation sites (tertiary alicyclic amines) is 1. The molecule has 2 aromatic rings. The van der Waals surface area contributed by atoms with E-state index in [9.17, 15) is 9.18 Å². The minimum Gasteiger partial charge on any atom is -0.491 e. The van der Waals surface area contributed by atoms with Gasteiger partial charge in [0, 0.05) is 42.7 Å². The van der Waals surface area contributed by atoms with E-state index in [2.05, 4.69) is 15.3 Å². The van der Waals surface area contributed by atoms with Crippen molar-refractivity contribution in [3.8, 4) is 5.75 Å². The van der Waals surface area contributed by atoms with Gasteiger partial charge in [-0.3, -0.25) is 0 Å². The van der Waals surface area contributed by atoms with Crippen LogP contribution in [-0.4, -0.2) is 47.3 Å². The number of aromatic amines is 1. The van der Waals surface area contributed by atoms with Crippen LogP contribution in [0.1, 0.15) is 24.5 Å². The predicted molar refractivity (Wildman–Crippen MR) is 89.1 cm³/mol. The van der Waals surface area contributed by atoms with Gasteiger partial charge in [0.1, 0.15) is 19.0 Å². The third-order valence-corrected chi connectivity index (χ3v) is 4.17. The van der Waals surface area contributed by atoms with Gasteiger partial charge in [-0.2, -0.15) is 0 Å². The third-order valence-electron chi connectivity index (χ3n) is 4.17. The summed E-state index contributed by atoms with van der Waals surface area (Å²) in [4.78, 5) is 21.4. The molecule has 0 bridgehead atoms. The largest absolute Gasteiger partial charge is 0.491 e. The predicted octanol–water partition coefficient (Wildman–Crippen LogP) is 3.17. The molecule has 1 aromatic heterocycles. The van der Waals surface area contributed by atoms with Crippen LogP contribution in [0.3, 0.4) is 0 Å². The first-order chi connectivity index (χ1) is 11.8. The molecule has 1 fully saturated rings. The lowest BCUT2D eigenvalue weighted by Crippen LogP contribution is -2.40. The van der Waals surface area contributed by atoms with E-state index in [4.69, 9.17) is 4.74 Å². The molecular weight excluding hydrogens is 311 g/mol. The normalized spacial score (nSPS) is 15.3. The van der Waals surface area contributed by atoms with Crippen LogP contribution in [0.5, 0.6) is 5.75 Å². The maximum Gasteiger partial charge on any atom is 0.321 e. The van der Waals surface area contributed by atoms with Gasteiger partial charge in [-0.05, 0) is 25.0 Å². The van der Waals surface area contributed by atoms with E-state index >= 15 is 0 Å². The summed E-state index contributed by atoms with van der Waals surface area (Å²) in [6.07, 6.45) is 5.36. The molecule has 0 radical (unpaired) electrons. The van der Waals surface area contributed by atoms with Gasteiger partial charge in [0.25, 0.3) is 0 Å². The molecule has 0 spiro atoms. The van der Waals surface area contributed by atoms with Gasteiger partial charge in [-0.15, -0.1) is 0 Å². The summed E-state index contributed by atoms with van der Waals surface area (Å²) in [5, 5.41) is 2.87. The SMILES string of the molecule is O=C(Nc1cccc(OCCF)c1)N1CCC(c2cnc[nH]2)CC1. The van der Waals surface area contributed by atoms with Crippen LogP contribution >= 0.6 is 0 Å². The number of imidazole rings is 1. The quantitative estimate of drug-likeness (QED) is 0.883. The first kappa shape index (κ1) is 16.3. The lowest BCUT2D eigenvalue weighted by molar-refractivity contribution is 0.194. The number of benzene rings is 1. The van der Waals surface area contributed by atoms with Crippen molar-refractivity contribution in [2.24, 2.45) is 0 Å². The first-order valence-electron chi connectivity index (χ1n) is 8.09. The number of ether oxygens (including phenoxy) is 1. The van der Waals surface area contributed by atoms with Crippen LogP contribution in [0.4, 0.5) is 14.9 Å². The number of nitrogens with zero attached hydrogens (tertiary/aromatic N) is 2. The maximum atomic E-state index is 12.4.